The van der Waals surface area contributed by atoms with Crippen molar-refractivity contribution in [1.29, 1.82) is 0 Å². The number of halogens is 2. The Bertz CT molecular complexity index is 398. The van der Waals surface area contributed by atoms with Gasteiger partial charge in [0.2, 0.25) is 0 Å². The molecule has 0 aliphatic rings. The van der Waals surface area contributed by atoms with Crippen molar-refractivity contribution in [3.8, 4) is 0 Å². The highest BCUT2D eigenvalue weighted by atomic mass is 79.9. The molecule has 0 amide bonds. The van der Waals surface area contributed by atoms with Crippen molar-refractivity contribution < 1.29 is 9.13 Å². The maximum absolute atomic E-state index is 13.9. The van der Waals surface area contributed by atoms with Gasteiger partial charge in [-0.25, -0.2) is 4.39 Å². The summed E-state index contributed by atoms with van der Waals surface area (Å²) in [6, 6.07) is 5.33. The van der Waals surface area contributed by atoms with Gasteiger partial charge in [0.1, 0.15) is 5.82 Å². The Morgan fingerprint density at radius 2 is 2.05 bits per heavy atom. The smallest absolute Gasteiger partial charge is 0.127 e. The molecule has 0 radical (unpaired) electrons. The first-order valence-electron chi connectivity index (χ1n) is 6.69. The highest BCUT2D eigenvalue weighted by molar-refractivity contribution is 9.10. The zero-order valence-electron chi connectivity index (χ0n) is 12.0. The molecule has 0 fully saturated rings. The van der Waals surface area contributed by atoms with Crippen molar-refractivity contribution in [2.75, 3.05) is 13.7 Å². The van der Waals surface area contributed by atoms with Crippen LogP contribution in [0, 0.1) is 11.7 Å². The van der Waals surface area contributed by atoms with Gasteiger partial charge in [0.25, 0.3) is 0 Å². The molecule has 0 bridgehead atoms. The van der Waals surface area contributed by atoms with Crippen LogP contribution in [0.3, 0.4) is 0 Å². The van der Waals surface area contributed by atoms with Crippen LogP contribution in [0.15, 0.2) is 22.7 Å². The van der Waals surface area contributed by atoms with Gasteiger partial charge in [-0.2, -0.15) is 0 Å². The molecule has 0 saturated carbocycles. The molecule has 0 spiro atoms. The molecule has 19 heavy (non-hydrogen) atoms. The standard InChI is InChI=1S/C15H23BrFNO/c1-5-18-14(15(19-4)10(2)3)8-11-6-7-12(16)9-13(11)17/h6-7,9-10,14-15,18H,5,8H2,1-4H3. The van der Waals surface area contributed by atoms with Crippen molar-refractivity contribution in [3.05, 3.63) is 34.1 Å². The van der Waals surface area contributed by atoms with Crippen LogP contribution < -0.4 is 5.32 Å². The van der Waals surface area contributed by atoms with Crippen LogP contribution >= 0.6 is 15.9 Å². The molecule has 2 atom stereocenters. The van der Waals surface area contributed by atoms with E-state index in [0.29, 0.717) is 12.3 Å². The molecule has 2 nitrogen and oxygen atoms in total. The predicted molar refractivity (Wildman–Crippen MR) is 80.9 cm³/mol. The molecule has 0 heterocycles. The number of likely N-dealkylation sites (N-methyl/N-ethyl adjacent to an activating group) is 1. The SMILES string of the molecule is CCNC(Cc1ccc(Br)cc1F)C(OC)C(C)C. The maximum Gasteiger partial charge on any atom is 0.127 e. The van der Waals surface area contributed by atoms with Gasteiger partial charge >= 0.3 is 0 Å². The topological polar surface area (TPSA) is 21.3 Å². The van der Waals surface area contributed by atoms with Crippen LogP contribution in [0.5, 0.6) is 0 Å². The molecule has 0 aromatic heterocycles. The molecule has 1 N–H and O–H groups in total. The minimum absolute atomic E-state index is 0.0722. The molecule has 1 aromatic carbocycles. The molecular weight excluding hydrogens is 309 g/mol. The fourth-order valence-electron chi connectivity index (χ4n) is 2.39. The van der Waals surface area contributed by atoms with Crippen molar-refractivity contribution in [2.24, 2.45) is 5.92 Å². The number of nitrogens with one attached hydrogen (secondary N) is 1. The summed E-state index contributed by atoms with van der Waals surface area (Å²) in [6.07, 6.45) is 0.701. The van der Waals surface area contributed by atoms with E-state index in [-0.39, 0.29) is 18.0 Å². The second-order valence-corrected chi connectivity index (χ2v) is 5.96. The first-order chi connectivity index (χ1) is 8.99. The van der Waals surface area contributed by atoms with Gasteiger partial charge in [-0.1, -0.05) is 42.8 Å². The molecule has 1 aromatic rings. The Labute approximate surface area is 123 Å². The highest BCUT2D eigenvalue weighted by Gasteiger charge is 2.24. The quantitative estimate of drug-likeness (QED) is 0.820. The van der Waals surface area contributed by atoms with Crippen LogP contribution in [0.2, 0.25) is 0 Å². The summed E-state index contributed by atoms with van der Waals surface area (Å²) in [7, 11) is 1.72. The van der Waals surface area contributed by atoms with Crippen LogP contribution in [0.1, 0.15) is 26.3 Å². The summed E-state index contributed by atoms with van der Waals surface area (Å²) in [6.45, 7) is 7.14. The zero-order chi connectivity index (χ0) is 14.4. The van der Waals surface area contributed by atoms with Crippen LogP contribution in [-0.2, 0) is 11.2 Å². The van der Waals surface area contributed by atoms with Crippen molar-refractivity contribution >= 4 is 15.9 Å². The van der Waals surface area contributed by atoms with Crippen molar-refractivity contribution in [2.45, 2.75) is 39.3 Å². The number of hydrogen-bond acceptors (Lipinski definition) is 2. The van der Waals surface area contributed by atoms with E-state index in [1.807, 2.05) is 12.1 Å². The number of rotatable bonds is 7. The third-order valence-corrected chi connectivity index (χ3v) is 3.74. The average molecular weight is 332 g/mol. The number of methoxy groups -OCH3 is 1. The largest absolute Gasteiger partial charge is 0.380 e. The normalized spacial score (nSPS) is 14.7. The van der Waals surface area contributed by atoms with Crippen LogP contribution in [0.25, 0.3) is 0 Å². The van der Waals surface area contributed by atoms with E-state index in [4.69, 9.17) is 4.74 Å². The summed E-state index contributed by atoms with van der Waals surface area (Å²) in [5.41, 5.74) is 0.719. The Morgan fingerprint density at radius 1 is 1.37 bits per heavy atom. The van der Waals surface area contributed by atoms with Crippen LogP contribution in [-0.4, -0.2) is 25.8 Å². The van der Waals surface area contributed by atoms with E-state index in [1.54, 1.807) is 7.11 Å². The second kappa shape index (κ2) is 7.98. The molecule has 4 heteroatoms. The average Bonchev–Trinajstić information content (AvgIpc) is 2.33. The van der Waals surface area contributed by atoms with Gasteiger partial charge in [-0.05, 0) is 36.6 Å². The number of benzene rings is 1. The lowest BCUT2D eigenvalue weighted by Crippen LogP contribution is -2.45. The summed E-state index contributed by atoms with van der Waals surface area (Å²) in [5, 5.41) is 3.40. The molecule has 0 aliphatic heterocycles. The maximum atomic E-state index is 13.9. The van der Waals surface area contributed by atoms with Gasteiger partial charge < -0.3 is 10.1 Å². The predicted octanol–water partition coefficient (Wildman–Crippen LogP) is 3.78. The van der Waals surface area contributed by atoms with E-state index in [1.165, 1.54) is 6.07 Å². The Morgan fingerprint density at radius 3 is 2.53 bits per heavy atom. The van der Waals surface area contributed by atoms with E-state index in [9.17, 15) is 4.39 Å². The summed E-state index contributed by atoms with van der Waals surface area (Å²) in [5.74, 6) is 0.212. The van der Waals surface area contributed by atoms with Crippen molar-refractivity contribution in [1.82, 2.24) is 5.32 Å². The number of ether oxygens (including phenoxy) is 1. The van der Waals surface area contributed by atoms with Crippen molar-refractivity contribution in [3.63, 3.8) is 0 Å². The Balaban J connectivity index is 2.88. The van der Waals surface area contributed by atoms with E-state index >= 15 is 0 Å². The Hall–Kier alpha value is -0.450. The lowest BCUT2D eigenvalue weighted by molar-refractivity contribution is 0.0335. The molecule has 2 unspecified atom stereocenters. The minimum atomic E-state index is -0.170. The summed E-state index contributed by atoms with van der Waals surface area (Å²) >= 11 is 3.28. The van der Waals surface area contributed by atoms with E-state index in [0.717, 1.165) is 16.6 Å². The monoisotopic (exact) mass is 331 g/mol. The summed E-state index contributed by atoms with van der Waals surface area (Å²) in [4.78, 5) is 0. The first-order valence-corrected chi connectivity index (χ1v) is 7.49. The molecule has 0 aliphatic carbocycles. The van der Waals surface area contributed by atoms with Gasteiger partial charge in [-0.15, -0.1) is 0 Å². The lowest BCUT2D eigenvalue weighted by atomic mass is 9.93. The lowest BCUT2D eigenvalue weighted by Gasteiger charge is -2.30. The van der Waals surface area contributed by atoms with Crippen LogP contribution in [0.4, 0.5) is 4.39 Å². The third-order valence-electron chi connectivity index (χ3n) is 3.25. The van der Waals surface area contributed by atoms with Gasteiger partial charge in [0, 0.05) is 17.6 Å². The van der Waals surface area contributed by atoms with E-state index in [2.05, 4.69) is 42.0 Å². The molecule has 1 rings (SSSR count). The van der Waals surface area contributed by atoms with Gasteiger partial charge in [0.15, 0.2) is 0 Å². The fraction of sp³-hybridized carbons (Fsp3) is 0.600. The van der Waals surface area contributed by atoms with Gasteiger partial charge in [-0.3, -0.25) is 0 Å². The number of hydrogen-bond donors (Lipinski definition) is 1. The van der Waals surface area contributed by atoms with E-state index < -0.39 is 0 Å². The summed E-state index contributed by atoms with van der Waals surface area (Å²) < 4.78 is 20.3. The Kier molecular flexibility index (Phi) is 6.97. The third kappa shape index (κ3) is 4.86. The molecule has 0 saturated heterocycles. The molecule has 108 valence electrons. The van der Waals surface area contributed by atoms with Gasteiger partial charge in [0.05, 0.1) is 6.10 Å². The highest BCUT2D eigenvalue weighted by Crippen LogP contribution is 2.20. The zero-order valence-corrected chi connectivity index (χ0v) is 13.6. The second-order valence-electron chi connectivity index (χ2n) is 5.05. The molecular formula is C15H23BrFNO. The minimum Gasteiger partial charge on any atom is -0.380 e. The first kappa shape index (κ1) is 16.6. The fourth-order valence-corrected chi connectivity index (χ4v) is 2.73.